The lowest BCUT2D eigenvalue weighted by molar-refractivity contribution is 0.164. The molecular formula is C92H121N21O10S3. The number of ether oxygens (including phenoxy) is 3. The van der Waals surface area contributed by atoms with Gasteiger partial charge in [-0.15, -0.1) is 0 Å². The number of aryl methyl sites for hydroxylation is 3. The molecule has 9 heterocycles. The zero-order valence-electron chi connectivity index (χ0n) is 75.1. The summed E-state index contributed by atoms with van der Waals surface area (Å²) in [4.78, 5) is 36.0. The van der Waals surface area contributed by atoms with Crippen molar-refractivity contribution in [2.24, 2.45) is 0 Å². The summed E-state index contributed by atoms with van der Waals surface area (Å²) in [5, 5.41) is 50.5. The van der Waals surface area contributed by atoms with Gasteiger partial charge < -0.3 is 65.9 Å². The van der Waals surface area contributed by atoms with Crippen molar-refractivity contribution >= 4 is 132 Å². The van der Waals surface area contributed by atoms with Crippen molar-refractivity contribution < 1.29 is 44.6 Å². The normalized spacial score (nSPS) is 15.0. The maximum absolute atomic E-state index is 13.1. The van der Waals surface area contributed by atoms with Gasteiger partial charge in [0.2, 0.25) is 17.8 Å². The van der Waals surface area contributed by atoms with E-state index in [0.29, 0.717) is 116 Å². The number of benzene rings is 6. The number of piperidine rings is 3. The maximum Gasteiger partial charge on any atom is 0.231 e. The number of sulfone groups is 3. The van der Waals surface area contributed by atoms with E-state index in [1.165, 1.54) is 27.8 Å². The average molecular weight is 1780 g/mol. The van der Waals surface area contributed by atoms with Crippen molar-refractivity contribution in [2.75, 3.05) is 97.9 Å². The van der Waals surface area contributed by atoms with E-state index in [0.717, 1.165) is 118 Å². The molecule has 15 rings (SSSR count). The van der Waals surface area contributed by atoms with Gasteiger partial charge in [-0.25, -0.2) is 25.3 Å². The number of anilines is 12. The zero-order valence-corrected chi connectivity index (χ0v) is 77.6. The van der Waals surface area contributed by atoms with Gasteiger partial charge in [-0.2, -0.15) is 45.2 Å². The highest BCUT2D eigenvalue weighted by molar-refractivity contribution is 7.92. The van der Waals surface area contributed by atoms with Gasteiger partial charge >= 0.3 is 0 Å². The molecule has 0 unspecified atom stereocenters. The predicted molar refractivity (Wildman–Crippen MR) is 501 cm³/mol. The molecule has 3 fully saturated rings. The number of aromatic nitrogens is 12. The maximum atomic E-state index is 13.1. The Morgan fingerprint density at radius 2 is 0.683 bits per heavy atom. The Morgan fingerprint density at radius 3 is 0.960 bits per heavy atom. The summed E-state index contributed by atoms with van der Waals surface area (Å²) in [7, 11) is -8.43. The van der Waals surface area contributed by atoms with Crippen molar-refractivity contribution in [3.63, 3.8) is 0 Å². The van der Waals surface area contributed by atoms with E-state index in [4.69, 9.17) is 29.2 Å². The number of hydrogen-bond donors (Lipinski definition) is 10. The predicted octanol–water partition coefficient (Wildman–Crippen LogP) is 17.5. The third-order valence-electron chi connectivity index (χ3n) is 23.1. The Labute approximate surface area is 739 Å². The molecule has 3 aliphatic rings. The van der Waals surface area contributed by atoms with E-state index in [1.54, 1.807) is 133 Å². The van der Waals surface area contributed by atoms with Gasteiger partial charge in [-0.05, 0) is 319 Å². The van der Waals surface area contributed by atoms with Crippen LogP contribution in [0.4, 0.5) is 69.4 Å². The largest absolute Gasteiger partial charge is 0.489 e. The molecule has 3 aliphatic heterocycles. The van der Waals surface area contributed by atoms with Crippen molar-refractivity contribution in [3.05, 3.63) is 161 Å². The molecule has 0 spiro atoms. The smallest absolute Gasteiger partial charge is 0.231 e. The summed E-state index contributed by atoms with van der Waals surface area (Å²) in [5.41, 5.74) is 12.5. The highest BCUT2D eigenvalue weighted by Crippen LogP contribution is 2.44. The Balaban J connectivity index is 0.000000162. The fourth-order valence-corrected chi connectivity index (χ4v) is 19.8. The van der Waals surface area contributed by atoms with E-state index in [9.17, 15) is 30.4 Å². The van der Waals surface area contributed by atoms with Crippen LogP contribution in [0, 0.1) is 20.8 Å². The average Bonchev–Trinajstić information content (AvgIpc) is 1.32. The van der Waals surface area contributed by atoms with E-state index < -0.39 is 45.3 Å². The number of aromatic amines is 3. The Hall–Kier alpha value is -11.1. The number of rotatable bonds is 30. The lowest BCUT2D eigenvalue weighted by Crippen LogP contribution is -2.35. The van der Waals surface area contributed by atoms with Crippen LogP contribution in [0.3, 0.4) is 0 Å². The Kier molecular flexibility index (Phi) is 29.5. The minimum Gasteiger partial charge on any atom is -0.489 e. The van der Waals surface area contributed by atoms with E-state index in [1.807, 2.05) is 41.5 Å². The van der Waals surface area contributed by atoms with Crippen LogP contribution in [-0.4, -0.2) is 206 Å². The topological polar surface area (TPSA) is 396 Å². The second-order valence-electron chi connectivity index (χ2n) is 34.3. The monoisotopic (exact) mass is 1780 g/mol. The van der Waals surface area contributed by atoms with Crippen LogP contribution in [-0.2, 0) is 29.5 Å². The number of aliphatic hydroxyl groups is 1. The molecule has 0 aliphatic carbocycles. The molecule has 0 atom stereocenters. The number of para-hydroxylation sites is 3. The number of fused-ring (bicyclic) bond motifs is 3. The molecule has 12 aromatic rings. The first-order valence-electron chi connectivity index (χ1n) is 43.6. The molecule has 0 saturated carbocycles. The number of hydrogen-bond acceptors (Lipinski definition) is 28. The zero-order chi connectivity index (χ0) is 90.1. The summed E-state index contributed by atoms with van der Waals surface area (Å²) in [6.45, 7) is 38.9. The van der Waals surface area contributed by atoms with Crippen LogP contribution >= 0.6 is 0 Å². The molecule has 34 heteroatoms. The highest BCUT2D eigenvalue weighted by Gasteiger charge is 2.32. The molecule has 126 heavy (non-hydrogen) atoms. The van der Waals surface area contributed by atoms with Gasteiger partial charge in [-0.3, -0.25) is 15.3 Å². The lowest BCUT2D eigenvalue weighted by atomic mass is 9.86. The van der Waals surface area contributed by atoms with Gasteiger partial charge in [-0.1, -0.05) is 43.3 Å². The fraction of sp³-hybridized carbons (Fsp3) is 0.446. The Morgan fingerprint density at radius 1 is 0.397 bits per heavy atom. The molecule has 6 aromatic carbocycles. The number of H-pyrrole nitrogens is 3. The van der Waals surface area contributed by atoms with Gasteiger partial charge in [0.1, 0.15) is 34.7 Å². The second-order valence-corrected chi connectivity index (χ2v) is 41.8. The van der Waals surface area contributed by atoms with Crippen LogP contribution in [0.1, 0.15) is 180 Å². The van der Waals surface area contributed by atoms with E-state index in [-0.39, 0.29) is 39.6 Å². The molecule has 0 amide bonds. The van der Waals surface area contributed by atoms with Crippen molar-refractivity contribution in [3.8, 4) is 17.2 Å². The lowest BCUT2D eigenvalue weighted by Gasteiger charge is -2.32. The van der Waals surface area contributed by atoms with E-state index >= 15 is 0 Å². The Bertz CT molecular complexity index is 6150. The second kappa shape index (κ2) is 40.2. The van der Waals surface area contributed by atoms with Crippen molar-refractivity contribution in [1.29, 1.82) is 0 Å². The van der Waals surface area contributed by atoms with Crippen LogP contribution in [0.25, 0.3) is 33.1 Å². The van der Waals surface area contributed by atoms with Gasteiger partial charge in [0.25, 0.3) is 0 Å². The summed E-state index contributed by atoms with van der Waals surface area (Å²) in [6, 6.07) is 33.3. The minimum atomic E-state index is -3.54. The van der Waals surface area contributed by atoms with Gasteiger partial charge in [0.05, 0.1) is 124 Å². The van der Waals surface area contributed by atoms with Crippen LogP contribution < -0.4 is 46.1 Å². The summed E-state index contributed by atoms with van der Waals surface area (Å²) < 4.78 is 97.3. The molecular weight excluding hydrogens is 1660 g/mol. The van der Waals surface area contributed by atoms with Crippen molar-refractivity contribution in [2.45, 2.75) is 216 Å². The number of aliphatic hydroxyl groups excluding tert-OH is 1. The van der Waals surface area contributed by atoms with Crippen molar-refractivity contribution in [1.82, 2.24) is 75.2 Å². The first kappa shape index (κ1) is 92.5. The quantitative estimate of drug-likeness (QED) is 0.0200. The molecule has 6 aromatic heterocycles. The molecule has 10 N–H and O–H groups in total. The molecule has 0 radical (unpaired) electrons. The van der Waals surface area contributed by atoms with Crippen LogP contribution in [0.5, 0.6) is 17.2 Å². The third kappa shape index (κ3) is 21.7. The third-order valence-corrected chi connectivity index (χ3v) is 29.8. The number of nitrogens with zero attached hydrogens (tertiary/aromatic N) is 12. The summed E-state index contributed by atoms with van der Waals surface area (Å²) in [5.74, 6) is 5.85. The highest BCUT2D eigenvalue weighted by atomic mass is 32.2. The number of β-amino-alcohol motifs (C(OH)–C–C–N with tert-alkyl or cyclic N) is 1. The number of likely N-dealkylation sites (tertiary alicyclic amines) is 3. The molecule has 31 nitrogen and oxygen atoms in total. The van der Waals surface area contributed by atoms with Crippen LogP contribution in [0.15, 0.2) is 142 Å². The first-order chi connectivity index (χ1) is 60.1. The summed E-state index contributed by atoms with van der Waals surface area (Å²) in [6.07, 6.45) is 11.3. The minimum absolute atomic E-state index is 0.0174. The fourth-order valence-electron chi connectivity index (χ4n) is 16.2. The van der Waals surface area contributed by atoms with Crippen LogP contribution in [0.2, 0.25) is 0 Å². The van der Waals surface area contributed by atoms with Gasteiger partial charge in [0, 0.05) is 6.54 Å². The van der Waals surface area contributed by atoms with E-state index in [2.05, 4.69) is 163 Å². The number of nitrogens with one attached hydrogen (secondary N) is 9. The molecule has 0 bridgehead atoms. The SMILES string of the molecule is CCN1CCC(c2cc(OC(C)C)c(Nc3nc(Nc4ccccc4S(=O)(=O)C(C)C)c4cn[nH]c4n3)cc2C)CC1.Cc1cc(Nc2nc(Nc3ccccc3S(=O)(=O)C(C)C)c3cn[nH]c3n2)c(OC(C)C)cc1C1CCN(C)CC1.Cc1cc(Nc2nc(Nc3ccccc3S(=O)(=O)C(C)C)c3cn[nH]c3n2)c(OC(C)C)cc1C1CCN(CCO)CC1. The standard InChI is InChI=1S/C31H41N7O4S.C31H41N7O3S.C30H39N7O3S/c1-19(2)42-27-17-23(22-10-12-38(13-11-22)14-15-39)21(5)16-26(27)34-31-35-29(24-18-32-37-30(24)36-31)33-25-8-6-7-9-28(25)43(40,41)20(3)4;1-7-38-14-12-22(13-15-38)23-17-27(41-19(2)3)26(16-21(23)6)34-31-35-29(24-18-32-37-30(24)36-31)33-25-10-8-9-11-28(25)42(39,40)20(4)5;1-18(2)40-26-16-22(21-11-13-37(6)14-12-21)20(5)15-25(26)33-30-34-28(23-17-31-36-29(23)35-30)32-24-9-7-8-10-27(24)41(38,39)19(3)4/h6-9,16-20,22,39H,10-15H2,1-5H3,(H3,32,33,34,35,36,37);8-11,16-20,22H,7,12-15H2,1-6H3,(H3,32,33,34,35,36,37);7-10,15-19,21H,11-14H2,1-6H3,(H3,31,32,33,34,35,36). The first-order valence-corrected chi connectivity index (χ1v) is 48.2. The summed E-state index contributed by atoms with van der Waals surface area (Å²) >= 11 is 0. The molecule has 672 valence electrons. The van der Waals surface area contributed by atoms with Gasteiger partial charge in [0.15, 0.2) is 46.5 Å². The molecule has 3 saturated heterocycles.